The molecular formula is C21H26N2O3S. The lowest BCUT2D eigenvalue weighted by molar-refractivity contribution is -0.119. The summed E-state index contributed by atoms with van der Waals surface area (Å²) in [6.45, 7) is 5.57. The summed E-state index contributed by atoms with van der Waals surface area (Å²) in [5.41, 5.74) is 4.07. The van der Waals surface area contributed by atoms with Gasteiger partial charge in [0.25, 0.3) is 0 Å². The fourth-order valence-electron chi connectivity index (χ4n) is 3.51. The van der Waals surface area contributed by atoms with E-state index in [1.807, 2.05) is 37.3 Å². The number of amides is 1. The predicted octanol–water partition coefficient (Wildman–Crippen LogP) is 3.52. The highest BCUT2D eigenvalue weighted by Crippen LogP contribution is 2.27. The maximum atomic E-state index is 13.2. The van der Waals surface area contributed by atoms with Crippen LogP contribution in [-0.2, 0) is 27.7 Å². The molecule has 3 rings (SSSR count). The molecule has 1 aliphatic rings. The highest BCUT2D eigenvalue weighted by molar-refractivity contribution is 7.89. The van der Waals surface area contributed by atoms with Gasteiger partial charge in [-0.05, 0) is 68.5 Å². The van der Waals surface area contributed by atoms with Gasteiger partial charge in [-0.3, -0.25) is 4.79 Å². The normalized spacial score (nSPS) is 14.8. The summed E-state index contributed by atoms with van der Waals surface area (Å²) < 4.78 is 27.6. The van der Waals surface area contributed by atoms with E-state index in [2.05, 4.69) is 5.32 Å². The van der Waals surface area contributed by atoms with E-state index >= 15 is 0 Å². The van der Waals surface area contributed by atoms with Crippen LogP contribution in [0.25, 0.3) is 0 Å². The largest absolute Gasteiger partial charge is 0.325 e. The van der Waals surface area contributed by atoms with Gasteiger partial charge in [0.1, 0.15) is 6.04 Å². The lowest BCUT2D eigenvalue weighted by Gasteiger charge is -2.26. The second kappa shape index (κ2) is 7.82. The SMILES string of the molecule is CCN([C@@H](C)C(=O)Nc1ccc(C)cc1)S(=O)(=O)c1ccc2c(c1)CCC2. The lowest BCUT2D eigenvalue weighted by Crippen LogP contribution is -2.45. The summed E-state index contributed by atoms with van der Waals surface area (Å²) >= 11 is 0. The number of anilines is 1. The fraction of sp³-hybridized carbons (Fsp3) is 0.381. The summed E-state index contributed by atoms with van der Waals surface area (Å²) in [6, 6.07) is 11.9. The molecule has 2 aromatic rings. The van der Waals surface area contributed by atoms with Crippen LogP contribution < -0.4 is 5.32 Å². The van der Waals surface area contributed by atoms with Gasteiger partial charge in [0, 0.05) is 12.2 Å². The van der Waals surface area contributed by atoms with E-state index in [-0.39, 0.29) is 17.3 Å². The number of sulfonamides is 1. The Kier molecular flexibility index (Phi) is 5.67. The van der Waals surface area contributed by atoms with Crippen LogP contribution in [-0.4, -0.2) is 31.2 Å². The van der Waals surface area contributed by atoms with Crippen LogP contribution in [0.2, 0.25) is 0 Å². The lowest BCUT2D eigenvalue weighted by atomic mass is 10.1. The average molecular weight is 387 g/mol. The van der Waals surface area contributed by atoms with Crippen molar-refractivity contribution in [3.8, 4) is 0 Å². The third-order valence-electron chi connectivity index (χ3n) is 5.12. The van der Waals surface area contributed by atoms with Crippen molar-refractivity contribution in [2.24, 2.45) is 0 Å². The third kappa shape index (κ3) is 4.06. The minimum absolute atomic E-state index is 0.224. The number of hydrogen-bond acceptors (Lipinski definition) is 3. The Bertz CT molecular complexity index is 936. The Hall–Kier alpha value is -2.18. The van der Waals surface area contributed by atoms with E-state index in [9.17, 15) is 13.2 Å². The summed E-state index contributed by atoms with van der Waals surface area (Å²) in [4.78, 5) is 12.9. The molecule has 0 aliphatic heterocycles. The number of rotatable bonds is 6. The van der Waals surface area contributed by atoms with Crippen LogP contribution >= 0.6 is 0 Å². The number of nitrogens with zero attached hydrogens (tertiary/aromatic N) is 1. The Morgan fingerprint density at radius 3 is 2.44 bits per heavy atom. The number of carbonyl (C=O) groups is 1. The van der Waals surface area contributed by atoms with Crippen molar-refractivity contribution in [1.29, 1.82) is 0 Å². The summed E-state index contributed by atoms with van der Waals surface area (Å²) in [7, 11) is -3.74. The molecule has 27 heavy (non-hydrogen) atoms. The van der Waals surface area contributed by atoms with Crippen molar-refractivity contribution in [1.82, 2.24) is 4.31 Å². The minimum Gasteiger partial charge on any atom is -0.325 e. The molecular weight excluding hydrogens is 360 g/mol. The maximum absolute atomic E-state index is 13.2. The van der Waals surface area contributed by atoms with Crippen LogP contribution in [0.1, 0.15) is 37.0 Å². The van der Waals surface area contributed by atoms with Crippen LogP contribution in [0.3, 0.4) is 0 Å². The molecule has 1 amide bonds. The second-order valence-corrected chi connectivity index (χ2v) is 8.91. The number of benzene rings is 2. The topological polar surface area (TPSA) is 66.5 Å². The van der Waals surface area contributed by atoms with Crippen molar-refractivity contribution < 1.29 is 13.2 Å². The Balaban J connectivity index is 1.81. The smallest absolute Gasteiger partial charge is 0.243 e. The zero-order chi connectivity index (χ0) is 19.6. The van der Waals surface area contributed by atoms with Gasteiger partial charge in [-0.25, -0.2) is 8.42 Å². The molecule has 0 heterocycles. The van der Waals surface area contributed by atoms with Crippen LogP contribution in [0, 0.1) is 6.92 Å². The number of nitrogens with one attached hydrogen (secondary N) is 1. The molecule has 0 unspecified atom stereocenters. The summed E-state index contributed by atoms with van der Waals surface area (Å²) in [6.07, 6.45) is 2.97. The summed E-state index contributed by atoms with van der Waals surface area (Å²) in [5.74, 6) is -0.342. The molecule has 0 radical (unpaired) electrons. The van der Waals surface area contributed by atoms with Gasteiger partial charge in [0.05, 0.1) is 4.90 Å². The van der Waals surface area contributed by atoms with Crippen molar-refractivity contribution in [2.75, 3.05) is 11.9 Å². The van der Waals surface area contributed by atoms with Crippen molar-refractivity contribution >= 4 is 21.6 Å². The molecule has 0 bridgehead atoms. The van der Waals surface area contributed by atoms with Crippen LogP contribution in [0.5, 0.6) is 0 Å². The van der Waals surface area contributed by atoms with Crippen molar-refractivity contribution in [3.63, 3.8) is 0 Å². The van der Waals surface area contributed by atoms with E-state index in [1.165, 1.54) is 9.87 Å². The first kappa shape index (κ1) is 19.6. The van der Waals surface area contributed by atoms with Crippen molar-refractivity contribution in [3.05, 3.63) is 59.2 Å². The number of likely N-dealkylation sites (N-methyl/N-ethyl adjacent to an activating group) is 1. The molecule has 0 saturated carbocycles. The predicted molar refractivity (Wildman–Crippen MR) is 107 cm³/mol. The molecule has 6 heteroatoms. The maximum Gasteiger partial charge on any atom is 0.243 e. The standard InChI is InChI=1S/C21H26N2O3S/c1-4-23(16(3)21(24)22-19-11-8-15(2)9-12-19)27(25,26)20-13-10-17-6-5-7-18(17)14-20/h8-14,16H,4-7H2,1-3H3,(H,22,24)/t16-/m0/s1. The Labute approximate surface area is 161 Å². The van der Waals surface area contributed by atoms with Gasteiger partial charge in [0.15, 0.2) is 0 Å². The van der Waals surface area contributed by atoms with Gasteiger partial charge in [-0.2, -0.15) is 4.31 Å². The molecule has 0 fully saturated rings. The average Bonchev–Trinajstić information content (AvgIpc) is 3.11. The van der Waals surface area contributed by atoms with Crippen molar-refractivity contribution in [2.45, 2.75) is 51.0 Å². The highest BCUT2D eigenvalue weighted by Gasteiger charge is 2.32. The number of aryl methyl sites for hydroxylation is 3. The van der Waals surface area contributed by atoms with E-state index < -0.39 is 16.1 Å². The molecule has 0 aromatic heterocycles. The first-order valence-electron chi connectivity index (χ1n) is 9.34. The minimum atomic E-state index is -3.74. The molecule has 0 saturated heterocycles. The quantitative estimate of drug-likeness (QED) is 0.826. The van der Waals surface area contributed by atoms with Gasteiger partial charge >= 0.3 is 0 Å². The molecule has 144 valence electrons. The van der Waals surface area contributed by atoms with Gasteiger partial charge in [-0.15, -0.1) is 0 Å². The Morgan fingerprint density at radius 1 is 1.11 bits per heavy atom. The van der Waals surface area contributed by atoms with E-state index in [4.69, 9.17) is 0 Å². The van der Waals surface area contributed by atoms with Crippen LogP contribution in [0.15, 0.2) is 47.4 Å². The number of hydrogen-bond donors (Lipinski definition) is 1. The van der Waals surface area contributed by atoms with Gasteiger partial charge < -0.3 is 5.32 Å². The first-order chi connectivity index (χ1) is 12.8. The van der Waals surface area contributed by atoms with Crippen LogP contribution in [0.4, 0.5) is 5.69 Å². The molecule has 5 nitrogen and oxygen atoms in total. The van der Waals surface area contributed by atoms with E-state index in [1.54, 1.807) is 26.0 Å². The fourth-order valence-corrected chi connectivity index (χ4v) is 5.16. The number of fused-ring (bicyclic) bond motifs is 1. The molecule has 1 atom stereocenters. The zero-order valence-corrected chi connectivity index (χ0v) is 16.8. The third-order valence-corrected chi connectivity index (χ3v) is 7.16. The highest BCUT2D eigenvalue weighted by atomic mass is 32.2. The van der Waals surface area contributed by atoms with Gasteiger partial charge in [-0.1, -0.05) is 30.7 Å². The zero-order valence-electron chi connectivity index (χ0n) is 16.0. The monoisotopic (exact) mass is 386 g/mol. The molecule has 2 aromatic carbocycles. The summed E-state index contributed by atoms with van der Waals surface area (Å²) in [5, 5.41) is 2.80. The molecule has 1 N–H and O–H groups in total. The van der Waals surface area contributed by atoms with E-state index in [0.29, 0.717) is 5.69 Å². The second-order valence-electron chi connectivity index (χ2n) is 7.02. The van der Waals surface area contributed by atoms with E-state index in [0.717, 1.165) is 30.4 Å². The first-order valence-corrected chi connectivity index (χ1v) is 10.8. The molecule has 1 aliphatic carbocycles. The Morgan fingerprint density at radius 2 is 1.78 bits per heavy atom. The molecule has 0 spiro atoms. The number of carbonyl (C=O) groups excluding carboxylic acids is 1. The van der Waals surface area contributed by atoms with Gasteiger partial charge in [0.2, 0.25) is 15.9 Å².